The minimum absolute atomic E-state index is 0.454. The highest BCUT2D eigenvalue weighted by molar-refractivity contribution is 9.11. The van der Waals surface area contributed by atoms with Gasteiger partial charge in [-0.2, -0.15) is 0 Å². The Kier molecular flexibility index (Phi) is 7.50. The van der Waals surface area contributed by atoms with E-state index < -0.39 is 0 Å². The maximum Gasteiger partial charge on any atom is 0.0331 e. The van der Waals surface area contributed by atoms with Crippen LogP contribution in [-0.4, -0.2) is 6.54 Å². The Hall–Kier alpha value is 0.140. The second-order valence-corrected chi connectivity index (χ2v) is 6.91. The van der Waals surface area contributed by atoms with E-state index in [0.29, 0.717) is 6.04 Å². The molecule has 1 rings (SSSR count). The van der Waals surface area contributed by atoms with Crippen LogP contribution in [0.15, 0.2) is 27.1 Å². The fraction of sp³-hybridized carbons (Fsp3) is 0.600. The summed E-state index contributed by atoms with van der Waals surface area (Å²) in [5.74, 6) is 0.755. The minimum Gasteiger partial charge on any atom is -0.310 e. The first kappa shape index (κ1) is 16.2. The first-order chi connectivity index (χ1) is 8.54. The molecule has 0 radical (unpaired) electrons. The summed E-state index contributed by atoms with van der Waals surface area (Å²) in [6, 6.07) is 6.92. The fourth-order valence-electron chi connectivity index (χ4n) is 1.97. The lowest BCUT2D eigenvalue weighted by Crippen LogP contribution is -2.23. The average molecular weight is 377 g/mol. The monoisotopic (exact) mass is 375 g/mol. The van der Waals surface area contributed by atoms with Crippen LogP contribution in [0.4, 0.5) is 0 Å². The summed E-state index contributed by atoms with van der Waals surface area (Å²) in [5.41, 5.74) is 1.37. The Morgan fingerprint density at radius 2 is 1.89 bits per heavy atom. The predicted molar refractivity (Wildman–Crippen MR) is 86.9 cm³/mol. The second-order valence-electron chi connectivity index (χ2n) is 5.14. The molecule has 18 heavy (non-hydrogen) atoms. The van der Waals surface area contributed by atoms with Crippen molar-refractivity contribution in [3.05, 3.63) is 32.7 Å². The molecule has 0 aliphatic carbocycles. The van der Waals surface area contributed by atoms with Crippen LogP contribution in [-0.2, 0) is 0 Å². The van der Waals surface area contributed by atoms with E-state index in [1.807, 2.05) is 0 Å². The van der Waals surface area contributed by atoms with Crippen LogP contribution in [0.5, 0.6) is 0 Å². The molecular weight excluding hydrogens is 354 g/mol. The summed E-state index contributed by atoms with van der Waals surface area (Å²) in [5, 5.41) is 3.66. The van der Waals surface area contributed by atoms with Crippen molar-refractivity contribution in [1.82, 2.24) is 5.32 Å². The molecule has 1 nitrogen and oxygen atoms in total. The number of nitrogens with one attached hydrogen (secondary N) is 1. The third kappa shape index (κ3) is 5.41. The topological polar surface area (TPSA) is 12.0 Å². The highest BCUT2D eigenvalue weighted by Gasteiger charge is 2.14. The molecule has 0 spiro atoms. The molecule has 1 atom stereocenters. The molecule has 0 saturated carbocycles. The van der Waals surface area contributed by atoms with Crippen molar-refractivity contribution in [2.45, 2.75) is 46.1 Å². The molecule has 0 aliphatic rings. The van der Waals surface area contributed by atoms with Crippen molar-refractivity contribution < 1.29 is 0 Å². The molecule has 1 aromatic rings. The van der Waals surface area contributed by atoms with Crippen LogP contribution >= 0.6 is 31.9 Å². The van der Waals surface area contributed by atoms with Crippen molar-refractivity contribution in [3.63, 3.8) is 0 Å². The van der Waals surface area contributed by atoms with Crippen LogP contribution in [0.2, 0.25) is 0 Å². The van der Waals surface area contributed by atoms with Crippen molar-refractivity contribution in [3.8, 4) is 0 Å². The van der Waals surface area contributed by atoms with Gasteiger partial charge in [0.25, 0.3) is 0 Å². The van der Waals surface area contributed by atoms with E-state index in [4.69, 9.17) is 0 Å². The van der Waals surface area contributed by atoms with E-state index in [1.54, 1.807) is 0 Å². The lowest BCUT2D eigenvalue weighted by Gasteiger charge is -2.21. The Morgan fingerprint density at radius 3 is 2.44 bits per heavy atom. The predicted octanol–water partition coefficient (Wildman–Crippen LogP) is 5.69. The van der Waals surface area contributed by atoms with Gasteiger partial charge in [-0.15, -0.1) is 0 Å². The number of hydrogen-bond donors (Lipinski definition) is 1. The highest BCUT2D eigenvalue weighted by atomic mass is 79.9. The van der Waals surface area contributed by atoms with Crippen LogP contribution in [0, 0.1) is 5.92 Å². The van der Waals surface area contributed by atoms with Gasteiger partial charge in [-0.05, 0) is 49.4 Å². The maximum absolute atomic E-state index is 3.68. The van der Waals surface area contributed by atoms with Crippen molar-refractivity contribution in [1.29, 1.82) is 0 Å². The zero-order valence-corrected chi connectivity index (χ0v) is 14.6. The Balaban J connectivity index is 2.79. The summed E-state index contributed by atoms with van der Waals surface area (Å²) in [7, 11) is 0. The Morgan fingerprint density at radius 1 is 1.17 bits per heavy atom. The standard InChI is InChI=1S/C15H23Br2N/c1-4-9-18-15(8-5-11(2)3)13-7-6-12(16)10-14(13)17/h6-7,10-11,15,18H,4-5,8-9H2,1-3H3. The zero-order valence-electron chi connectivity index (χ0n) is 11.5. The van der Waals surface area contributed by atoms with Gasteiger partial charge in [-0.3, -0.25) is 0 Å². The van der Waals surface area contributed by atoms with Crippen LogP contribution < -0.4 is 5.32 Å². The molecule has 0 amide bonds. The summed E-state index contributed by atoms with van der Waals surface area (Å²) in [6.45, 7) is 7.86. The summed E-state index contributed by atoms with van der Waals surface area (Å²) >= 11 is 7.19. The third-order valence-electron chi connectivity index (χ3n) is 3.01. The van der Waals surface area contributed by atoms with Gasteiger partial charge in [-0.25, -0.2) is 0 Å². The van der Waals surface area contributed by atoms with E-state index in [1.165, 1.54) is 29.3 Å². The third-order valence-corrected chi connectivity index (χ3v) is 4.19. The Labute approximate surface area is 128 Å². The lowest BCUT2D eigenvalue weighted by atomic mass is 9.97. The Bertz CT molecular complexity index is 364. The maximum atomic E-state index is 3.68. The zero-order chi connectivity index (χ0) is 13.5. The SMILES string of the molecule is CCCNC(CCC(C)C)c1ccc(Br)cc1Br. The summed E-state index contributed by atoms with van der Waals surface area (Å²) in [4.78, 5) is 0. The number of rotatable bonds is 7. The number of halogens is 2. The van der Waals surface area contributed by atoms with Gasteiger partial charge in [0.15, 0.2) is 0 Å². The second kappa shape index (κ2) is 8.34. The van der Waals surface area contributed by atoms with Crippen LogP contribution in [0.25, 0.3) is 0 Å². The van der Waals surface area contributed by atoms with Gasteiger partial charge >= 0.3 is 0 Å². The highest BCUT2D eigenvalue weighted by Crippen LogP contribution is 2.30. The normalized spacial score (nSPS) is 13.0. The molecule has 0 heterocycles. The molecule has 1 aromatic carbocycles. The summed E-state index contributed by atoms with van der Waals surface area (Å²) < 4.78 is 2.31. The lowest BCUT2D eigenvalue weighted by molar-refractivity contribution is 0.439. The number of hydrogen-bond acceptors (Lipinski definition) is 1. The molecular formula is C15H23Br2N. The fourth-order valence-corrected chi connectivity index (χ4v) is 3.29. The quantitative estimate of drug-likeness (QED) is 0.644. The van der Waals surface area contributed by atoms with Gasteiger partial charge in [0, 0.05) is 15.0 Å². The summed E-state index contributed by atoms with van der Waals surface area (Å²) in [6.07, 6.45) is 3.62. The van der Waals surface area contributed by atoms with E-state index in [-0.39, 0.29) is 0 Å². The molecule has 102 valence electrons. The molecule has 0 fully saturated rings. The molecule has 3 heteroatoms. The van der Waals surface area contributed by atoms with Crippen LogP contribution in [0.1, 0.15) is 51.6 Å². The molecule has 1 unspecified atom stereocenters. The first-order valence-electron chi connectivity index (χ1n) is 6.73. The molecule has 1 N–H and O–H groups in total. The van der Waals surface area contributed by atoms with Crippen molar-refractivity contribution in [2.24, 2.45) is 5.92 Å². The van der Waals surface area contributed by atoms with Crippen molar-refractivity contribution in [2.75, 3.05) is 6.54 Å². The number of benzene rings is 1. The van der Waals surface area contributed by atoms with Gasteiger partial charge in [-0.1, -0.05) is 58.7 Å². The minimum atomic E-state index is 0.454. The van der Waals surface area contributed by atoms with E-state index in [0.717, 1.165) is 16.9 Å². The van der Waals surface area contributed by atoms with E-state index in [2.05, 4.69) is 76.1 Å². The molecule has 0 bridgehead atoms. The van der Waals surface area contributed by atoms with Gasteiger partial charge in [0.1, 0.15) is 0 Å². The van der Waals surface area contributed by atoms with E-state index in [9.17, 15) is 0 Å². The molecule has 0 saturated heterocycles. The van der Waals surface area contributed by atoms with Gasteiger partial charge in [0.05, 0.1) is 0 Å². The van der Waals surface area contributed by atoms with Crippen LogP contribution in [0.3, 0.4) is 0 Å². The van der Waals surface area contributed by atoms with Gasteiger partial charge < -0.3 is 5.32 Å². The van der Waals surface area contributed by atoms with Crippen molar-refractivity contribution >= 4 is 31.9 Å². The van der Waals surface area contributed by atoms with Gasteiger partial charge in [0.2, 0.25) is 0 Å². The largest absolute Gasteiger partial charge is 0.310 e. The van der Waals surface area contributed by atoms with E-state index >= 15 is 0 Å². The average Bonchev–Trinajstić information content (AvgIpc) is 2.30. The molecule has 0 aromatic heterocycles. The molecule has 0 aliphatic heterocycles. The smallest absolute Gasteiger partial charge is 0.0331 e. The first-order valence-corrected chi connectivity index (χ1v) is 8.31.